The van der Waals surface area contributed by atoms with Gasteiger partial charge in [0.2, 0.25) is 17.7 Å². The van der Waals surface area contributed by atoms with Gasteiger partial charge in [-0.1, -0.05) is 66.5 Å². The molecule has 1 aromatic carbocycles. The summed E-state index contributed by atoms with van der Waals surface area (Å²) in [5.74, 6) is -2.31. The van der Waals surface area contributed by atoms with Crippen LogP contribution in [0.25, 0.3) is 0 Å². The molecule has 0 saturated carbocycles. The highest BCUT2D eigenvalue weighted by Crippen LogP contribution is 2.61. The van der Waals surface area contributed by atoms with Crippen molar-refractivity contribution in [2.24, 2.45) is 11.8 Å². The van der Waals surface area contributed by atoms with Crippen molar-refractivity contribution in [3.05, 3.63) is 35.9 Å². The van der Waals surface area contributed by atoms with E-state index in [4.69, 9.17) is 4.74 Å². The molecule has 9 heteroatoms. The van der Waals surface area contributed by atoms with Crippen molar-refractivity contribution in [1.82, 2.24) is 15.5 Å². The maximum Gasteiger partial charge on any atom is 0.246 e. The van der Waals surface area contributed by atoms with Gasteiger partial charge < -0.3 is 25.4 Å². The zero-order chi connectivity index (χ0) is 25.3. The summed E-state index contributed by atoms with van der Waals surface area (Å²) in [5.41, 5.74) is -0.404. The molecule has 3 aliphatic heterocycles. The van der Waals surface area contributed by atoms with Crippen molar-refractivity contribution in [1.29, 1.82) is 0 Å². The van der Waals surface area contributed by atoms with Gasteiger partial charge in [0, 0.05) is 17.4 Å². The van der Waals surface area contributed by atoms with Crippen LogP contribution in [0.1, 0.15) is 58.1 Å². The Balaban J connectivity index is 1.78. The number of ether oxygens (including phenoxy) is 1. The first kappa shape index (κ1) is 26.1. The van der Waals surface area contributed by atoms with Crippen molar-refractivity contribution in [2.45, 2.75) is 81.1 Å². The second-order valence-electron chi connectivity index (χ2n) is 10.0. The molecule has 0 aliphatic carbocycles. The van der Waals surface area contributed by atoms with E-state index in [1.54, 1.807) is 0 Å². The molecule has 192 valence electrons. The monoisotopic (exact) mass is 549 g/mol. The molecule has 1 spiro atoms. The maximum absolute atomic E-state index is 14.1. The molecule has 0 radical (unpaired) electrons. The van der Waals surface area contributed by atoms with E-state index >= 15 is 0 Å². The lowest BCUT2D eigenvalue weighted by Gasteiger charge is -2.37. The molecule has 4 rings (SSSR count). The highest BCUT2D eigenvalue weighted by molar-refractivity contribution is 9.09. The SMILES string of the molecule is CCCNC(=O)[C@H]1[C@H]2C(=O)N([C@H](CO)c3ccccc3)C(C(=O)NC(C)CCC)C23CC(Br)[C@@H]1O3. The predicted octanol–water partition coefficient (Wildman–Crippen LogP) is 2.30. The lowest BCUT2D eigenvalue weighted by molar-refractivity contribution is -0.146. The van der Waals surface area contributed by atoms with E-state index in [1.165, 1.54) is 4.90 Å². The second kappa shape index (κ2) is 10.6. The van der Waals surface area contributed by atoms with Gasteiger partial charge in [-0.2, -0.15) is 0 Å². The number of carbonyl (C=O) groups is 3. The van der Waals surface area contributed by atoms with Crippen molar-refractivity contribution < 1.29 is 24.2 Å². The number of benzene rings is 1. The van der Waals surface area contributed by atoms with Crippen LogP contribution >= 0.6 is 15.9 Å². The molecule has 3 N–H and O–H groups in total. The smallest absolute Gasteiger partial charge is 0.246 e. The summed E-state index contributed by atoms with van der Waals surface area (Å²) in [6, 6.07) is 7.47. The van der Waals surface area contributed by atoms with Gasteiger partial charge in [0.15, 0.2) is 0 Å². The van der Waals surface area contributed by atoms with E-state index in [9.17, 15) is 19.5 Å². The Morgan fingerprint density at radius 3 is 2.57 bits per heavy atom. The Morgan fingerprint density at radius 1 is 1.23 bits per heavy atom. The number of hydrogen-bond acceptors (Lipinski definition) is 5. The first-order valence-corrected chi connectivity index (χ1v) is 13.6. The largest absolute Gasteiger partial charge is 0.394 e. The van der Waals surface area contributed by atoms with Crippen LogP contribution in [0.2, 0.25) is 0 Å². The van der Waals surface area contributed by atoms with E-state index in [2.05, 4.69) is 33.5 Å². The van der Waals surface area contributed by atoms with E-state index in [0.29, 0.717) is 13.0 Å². The zero-order valence-electron chi connectivity index (χ0n) is 20.6. The van der Waals surface area contributed by atoms with E-state index in [-0.39, 0.29) is 35.2 Å². The van der Waals surface area contributed by atoms with E-state index in [0.717, 1.165) is 24.8 Å². The minimum atomic E-state index is -1.14. The highest BCUT2D eigenvalue weighted by atomic mass is 79.9. The number of aliphatic hydroxyl groups excluding tert-OH is 1. The third kappa shape index (κ3) is 4.40. The first-order valence-electron chi connectivity index (χ1n) is 12.7. The van der Waals surface area contributed by atoms with Gasteiger partial charge in [-0.15, -0.1) is 0 Å². The number of aliphatic hydroxyl groups is 1. The number of likely N-dealkylation sites (tertiary alicyclic amines) is 1. The Morgan fingerprint density at radius 2 is 1.94 bits per heavy atom. The normalized spacial score (nSPS) is 32.9. The quantitative estimate of drug-likeness (QED) is 0.388. The average molecular weight is 550 g/mol. The fraction of sp³-hybridized carbons (Fsp3) is 0.654. The van der Waals surface area contributed by atoms with Crippen LogP contribution in [0.5, 0.6) is 0 Å². The van der Waals surface area contributed by atoms with Gasteiger partial charge in [0.25, 0.3) is 0 Å². The lowest BCUT2D eigenvalue weighted by atomic mass is 9.70. The van der Waals surface area contributed by atoms with Gasteiger partial charge in [0.1, 0.15) is 11.6 Å². The minimum absolute atomic E-state index is 0.0776. The summed E-state index contributed by atoms with van der Waals surface area (Å²) in [5, 5.41) is 16.5. The third-order valence-electron chi connectivity index (χ3n) is 7.63. The number of nitrogens with zero attached hydrogens (tertiary/aromatic N) is 1. The molecule has 0 aromatic heterocycles. The fourth-order valence-electron chi connectivity index (χ4n) is 6.22. The zero-order valence-corrected chi connectivity index (χ0v) is 22.2. The summed E-state index contributed by atoms with van der Waals surface area (Å²) < 4.78 is 6.50. The number of amides is 3. The minimum Gasteiger partial charge on any atom is -0.394 e. The van der Waals surface area contributed by atoms with Gasteiger partial charge in [0.05, 0.1) is 30.6 Å². The van der Waals surface area contributed by atoms with Gasteiger partial charge in [-0.05, 0) is 31.7 Å². The first-order chi connectivity index (χ1) is 16.8. The molecule has 8 atom stereocenters. The topological polar surface area (TPSA) is 108 Å². The molecule has 4 unspecified atom stereocenters. The van der Waals surface area contributed by atoms with Crippen LogP contribution in [-0.2, 0) is 19.1 Å². The van der Waals surface area contributed by atoms with Crippen LogP contribution in [-0.4, -0.2) is 69.5 Å². The lowest BCUT2D eigenvalue weighted by Crippen LogP contribution is -2.57. The Bertz CT molecular complexity index is 946. The van der Waals surface area contributed by atoms with Crippen LogP contribution in [0.4, 0.5) is 0 Å². The van der Waals surface area contributed by atoms with Crippen LogP contribution in [0.15, 0.2) is 30.3 Å². The number of hydrogen-bond donors (Lipinski definition) is 3. The van der Waals surface area contributed by atoms with Crippen molar-refractivity contribution in [2.75, 3.05) is 13.2 Å². The third-order valence-corrected chi connectivity index (χ3v) is 8.48. The molecule has 35 heavy (non-hydrogen) atoms. The van der Waals surface area contributed by atoms with Crippen molar-refractivity contribution in [3.8, 4) is 0 Å². The number of carbonyl (C=O) groups excluding carboxylic acids is 3. The maximum atomic E-state index is 14.1. The number of alkyl halides is 1. The van der Waals surface area contributed by atoms with Crippen molar-refractivity contribution >= 4 is 33.7 Å². The molecule has 3 amide bonds. The molecule has 1 aromatic rings. The Hall–Kier alpha value is -1.97. The van der Waals surface area contributed by atoms with Gasteiger partial charge in [-0.3, -0.25) is 14.4 Å². The van der Waals surface area contributed by atoms with Gasteiger partial charge >= 0.3 is 0 Å². The number of rotatable bonds is 10. The predicted molar refractivity (Wildman–Crippen MR) is 135 cm³/mol. The standard InChI is InChI=1S/C26H36BrN3O5/c1-4-9-15(3)29-24(33)22-26-13-17(27)21(35-26)19(23(32)28-12-5-2)20(26)25(34)30(22)18(14-31)16-10-7-6-8-11-16/h6-8,10-11,15,17-22,31H,4-5,9,12-14H2,1-3H3,(H,28,32)(H,29,33)/t15?,17?,18-,19+,20+,21+,22?,26?/m1/s1. The molecule has 8 nitrogen and oxygen atoms in total. The van der Waals surface area contributed by atoms with Crippen molar-refractivity contribution in [3.63, 3.8) is 0 Å². The van der Waals surface area contributed by atoms with Crippen LogP contribution in [0, 0.1) is 11.8 Å². The number of fused-ring (bicyclic) bond motifs is 1. The molecule has 3 fully saturated rings. The highest BCUT2D eigenvalue weighted by Gasteiger charge is 2.77. The summed E-state index contributed by atoms with van der Waals surface area (Å²) in [6.07, 6.45) is 2.44. The summed E-state index contributed by atoms with van der Waals surface area (Å²) in [7, 11) is 0. The summed E-state index contributed by atoms with van der Waals surface area (Å²) in [6.45, 7) is 6.13. The number of halogens is 1. The molecular weight excluding hydrogens is 514 g/mol. The van der Waals surface area contributed by atoms with Crippen LogP contribution in [0.3, 0.4) is 0 Å². The van der Waals surface area contributed by atoms with E-state index < -0.39 is 35.6 Å². The molecule has 3 heterocycles. The summed E-state index contributed by atoms with van der Waals surface area (Å²) in [4.78, 5) is 42.5. The summed E-state index contributed by atoms with van der Waals surface area (Å²) >= 11 is 3.68. The fourth-order valence-corrected chi connectivity index (χ4v) is 7.17. The number of nitrogens with one attached hydrogen (secondary N) is 2. The Labute approximate surface area is 215 Å². The molecule has 3 aliphatic rings. The van der Waals surface area contributed by atoms with Gasteiger partial charge in [-0.25, -0.2) is 0 Å². The molecule has 2 bridgehead atoms. The average Bonchev–Trinajstić information content (AvgIpc) is 3.42. The van der Waals surface area contributed by atoms with Crippen LogP contribution < -0.4 is 10.6 Å². The van der Waals surface area contributed by atoms with E-state index in [1.807, 2.05) is 44.2 Å². The molecule has 3 saturated heterocycles. The Kier molecular flexibility index (Phi) is 7.88. The second-order valence-corrected chi connectivity index (χ2v) is 11.2. The molecular formula is C26H36BrN3O5.